The standard InChI is InChI=1S/C25H25FNO4P/c1-17-2-6-20(7-3-17)24(29)21-10-11-22(23(26)14-21)19-8-4-18(5-9-19)12-13-25(27,15-28)16-31-32-30/h2-11,14,28H,12-13,15-16,27H2,1H3. The maximum Gasteiger partial charge on any atom is 0.327 e. The molecule has 0 bridgehead atoms. The van der Waals surface area contributed by atoms with Crippen molar-refractivity contribution in [1.29, 1.82) is 0 Å². The number of nitrogens with two attached hydrogens (primary N) is 1. The highest BCUT2D eigenvalue weighted by molar-refractivity contribution is 7.17. The van der Waals surface area contributed by atoms with Crippen LogP contribution in [0.1, 0.15) is 33.5 Å². The molecule has 5 nitrogen and oxygen atoms in total. The highest BCUT2D eigenvalue weighted by Crippen LogP contribution is 2.26. The number of carbonyl (C=O) groups excluding carboxylic acids is 1. The van der Waals surface area contributed by atoms with E-state index in [1.807, 2.05) is 31.2 Å². The maximum atomic E-state index is 14.8. The molecular weight excluding hydrogens is 428 g/mol. The Hall–Kier alpha value is -2.76. The van der Waals surface area contributed by atoms with Gasteiger partial charge in [0.05, 0.1) is 18.8 Å². The van der Waals surface area contributed by atoms with E-state index in [-0.39, 0.29) is 19.0 Å². The van der Waals surface area contributed by atoms with Crippen LogP contribution in [0.2, 0.25) is 0 Å². The molecule has 0 aliphatic rings. The van der Waals surface area contributed by atoms with E-state index in [1.54, 1.807) is 36.4 Å². The lowest BCUT2D eigenvalue weighted by atomic mass is 9.93. The molecule has 32 heavy (non-hydrogen) atoms. The van der Waals surface area contributed by atoms with Gasteiger partial charge in [0, 0.05) is 16.7 Å². The smallest absolute Gasteiger partial charge is 0.327 e. The van der Waals surface area contributed by atoms with Crippen LogP contribution in [0.25, 0.3) is 11.1 Å². The zero-order valence-corrected chi connectivity index (χ0v) is 18.6. The second kappa shape index (κ2) is 10.7. The lowest BCUT2D eigenvalue weighted by molar-refractivity contribution is 0.103. The molecule has 7 heteroatoms. The first-order valence-corrected chi connectivity index (χ1v) is 10.9. The van der Waals surface area contributed by atoms with E-state index in [4.69, 9.17) is 10.3 Å². The van der Waals surface area contributed by atoms with Crippen molar-refractivity contribution in [3.8, 4) is 11.1 Å². The van der Waals surface area contributed by atoms with E-state index < -0.39 is 20.0 Å². The molecule has 0 radical (unpaired) electrons. The van der Waals surface area contributed by atoms with E-state index in [1.165, 1.54) is 6.07 Å². The van der Waals surface area contributed by atoms with E-state index in [9.17, 15) is 18.9 Å². The second-order valence-corrected chi connectivity index (χ2v) is 8.36. The van der Waals surface area contributed by atoms with Crippen LogP contribution >= 0.6 is 8.69 Å². The summed E-state index contributed by atoms with van der Waals surface area (Å²) in [4.78, 5) is 12.6. The van der Waals surface area contributed by atoms with Crippen molar-refractivity contribution in [3.05, 3.63) is 94.8 Å². The number of aryl methyl sites for hydroxylation is 2. The third-order valence-corrected chi connectivity index (χ3v) is 5.68. The number of rotatable bonds is 10. The number of halogens is 1. The van der Waals surface area contributed by atoms with Gasteiger partial charge < -0.3 is 10.8 Å². The van der Waals surface area contributed by atoms with E-state index in [0.29, 0.717) is 35.1 Å². The Morgan fingerprint density at radius 3 is 2.31 bits per heavy atom. The summed E-state index contributed by atoms with van der Waals surface area (Å²) < 4.78 is 30.1. The molecule has 0 amide bonds. The normalized spacial score (nSPS) is 13.1. The van der Waals surface area contributed by atoms with Crippen molar-refractivity contribution in [2.75, 3.05) is 13.2 Å². The van der Waals surface area contributed by atoms with Gasteiger partial charge in [-0.05, 0) is 37.0 Å². The van der Waals surface area contributed by atoms with Gasteiger partial charge in [0.2, 0.25) is 0 Å². The zero-order valence-electron chi connectivity index (χ0n) is 17.8. The number of ketones is 1. The molecule has 0 aromatic heterocycles. The van der Waals surface area contributed by atoms with Gasteiger partial charge in [-0.1, -0.05) is 66.2 Å². The van der Waals surface area contributed by atoms with Gasteiger partial charge in [0.1, 0.15) is 5.82 Å². The van der Waals surface area contributed by atoms with E-state index in [0.717, 1.165) is 11.1 Å². The zero-order chi connectivity index (χ0) is 23.1. The molecule has 3 aromatic rings. The maximum absolute atomic E-state index is 14.8. The summed E-state index contributed by atoms with van der Waals surface area (Å²) in [6, 6.07) is 19.0. The summed E-state index contributed by atoms with van der Waals surface area (Å²) in [6.07, 6.45) is 1.01. The van der Waals surface area contributed by atoms with E-state index >= 15 is 0 Å². The Balaban J connectivity index is 1.71. The molecule has 1 unspecified atom stereocenters. The van der Waals surface area contributed by atoms with Gasteiger partial charge in [-0.3, -0.25) is 9.32 Å². The Morgan fingerprint density at radius 2 is 1.72 bits per heavy atom. The second-order valence-electron chi connectivity index (χ2n) is 7.96. The molecule has 3 rings (SSSR count). The van der Waals surface area contributed by atoms with Crippen LogP contribution in [0.15, 0.2) is 66.7 Å². The van der Waals surface area contributed by atoms with Crippen LogP contribution in [0, 0.1) is 12.7 Å². The number of carbonyl (C=O) groups is 1. The van der Waals surface area contributed by atoms with Gasteiger partial charge in [0.15, 0.2) is 5.78 Å². The van der Waals surface area contributed by atoms with Gasteiger partial charge in [0.25, 0.3) is 0 Å². The van der Waals surface area contributed by atoms with E-state index in [2.05, 4.69) is 0 Å². The fourth-order valence-electron chi connectivity index (χ4n) is 3.36. The SMILES string of the molecule is Cc1ccc(C(=O)c2ccc(-c3ccc(CCC(N)(CO)COP=O)cc3)c(F)c2)cc1. The topological polar surface area (TPSA) is 89.6 Å². The summed E-state index contributed by atoms with van der Waals surface area (Å²) in [7, 11) is -0.476. The Bertz CT molecular complexity index is 1090. The molecule has 0 spiro atoms. The number of aliphatic hydroxyl groups excluding tert-OH is 1. The molecule has 0 saturated heterocycles. The highest BCUT2D eigenvalue weighted by atomic mass is 31.1. The van der Waals surface area contributed by atoms with Gasteiger partial charge in [-0.2, -0.15) is 0 Å². The summed E-state index contributed by atoms with van der Waals surface area (Å²) in [5.74, 6) is -0.689. The van der Waals surface area contributed by atoms with Crippen molar-refractivity contribution in [1.82, 2.24) is 0 Å². The number of aliphatic hydroxyl groups is 1. The molecule has 0 saturated carbocycles. The number of hydrogen-bond acceptors (Lipinski definition) is 5. The average Bonchev–Trinajstić information content (AvgIpc) is 2.82. The Kier molecular flexibility index (Phi) is 7.99. The van der Waals surface area contributed by atoms with Crippen LogP contribution in [-0.2, 0) is 15.5 Å². The van der Waals surface area contributed by atoms with Crippen molar-refractivity contribution < 1.29 is 23.4 Å². The quantitative estimate of drug-likeness (QED) is 0.337. The summed E-state index contributed by atoms with van der Waals surface area (Å²) in [5.41, 5.74) is 9.01. The van der Waals surface area contributed by atoms with Crippen LogP contribution in [0.3, 0.4) is 0 Å². The first kappa shape index (κ1) is 23.9. The molecule has 0 heterocycles. The first-order chi connectivity index (χ1) is 15.3. The van der Waals surface area contributed by atoms with Crippen molar-refractivity contribution in [2.24, 2.45) is 5.73 Å². The third kappa shape index (κ3) is 5.93. The lowest BCUT2D eigenvalue weighted by Crippen LogP contribution is -2.47. The van der Waals surface area contributed by atoms with Crippen LogP contribution < -0.4 is 5.73 Å². The largest absolute Gasteiger partial charge is 0.394 e. The predicted molar refractivity (Wildman–Crippen MR) is 122 cm³/mol. The Morgan fingerprint density at radius 1 is 1.06 bits per heavy atom. The lowest BCUT2D eigenvalue weighted by Gasteiger charge is -2.25. The third-order valence-electron chi connectivity index (χ3n) is 5.44. The minimum Gasteiger partial charge on any atom is -0.394 e. The van der Waals surface area contributed by atoms with Gasteiger partial charge >= 0.3 is 8.69 Å². The fourth-order valence-corrected chi connectivity index (χ4v) is 3.67. The molecule has 1 atom stereocenters. The number of benzene rings is 3. The van der Waals surface area contributed by atoms with Crippen molar-refractivity contribution >= 4 is 14.5 Å². The van der Waals surface area contributed by atoms with Crippen LogP contribution in [0.4, 0.5) is 4.39 Å². The fraction of sp³-hybridized carbons (Fsp3) is 0.240. The molecule has 0 aliphatic heterocycles. The van der Waals surface area contributed by atoms with Crippen molar-refractivity contribution in [2.45, 2.75) is 25.3 Å². The summed E-state index contributed by atoms with van der Waals surface area (Å²) in [6.45, 7) is 1.63. The summed E-state index contributed by atoms with van der Waals surface area (Å²) in [5, 5.41) is 9.48. The number of hydrogen-bond donors (Lipinski definition) is 2. The molecule has 3 aromatic carbocycles. The molecule has 0 aliphatic carbocycles. The molecular formula is C25H25FNO4P. The molecule has 166 valence electrons. The first-order valence-electron chi connectivity index (χ1n) is 10.2. The molecule has 3 N–H and O–H groups in total. The minimum absolute atomic E-state index is 0.0223. The van der Waals surface area contributed by atoms with Crippen LogP contribution in [0.5, 0.6) is 0 Å². The Labute approximate surface area is 188 Å². The molecule has 0 fully saturated rings. The van der Waals surface area contributed by atoms with Crippen molar-refractivity contribution in [3.63, 3.8) is 0 Å². The predicted octanol–water partition coefficient (Wildman–Crippen LogP) is 4.88. The van der Waals surface area contributed by atoms with Crippen LogP contribution in [-0.4, -0.2) is 29.6 Å². The van der Waals surface area contributed by atoms with Gasteiger partial charge in [-0.25, -0.2) is 8.96 Å². The minimum atomic E-state index is -0.984. The van der Waals surface area contributed by atoms with Gasteiger partial charge in [-0.15, -0.1) is 0 Å². The highest BCUT2D eigenvalue weighted by Gasteiger charge is 2.24. The average molecular weight is 453 g/mol. The monoisotopic (exact) mass is 453 g/mol. The summed E-state index contributed by atoms with van der Waals surface area (Å²) >= 11 is 0.